The van der Waals surface area contributed by atoms with E-state index in [2.05, 4.69) is 10.9 Å². The lowest BCUT2D eigenvalue weighted by Gasteiger charge is -2.13. The van der Waals surface area contributed by atoms with E-state index in [1.54, 1.807) is 18.2 Å². The molecule has 0 aromatic heterocycles. The van der Waals surface area contributed by atoms with Crippen molar-refractivity contribution in [3.63, 3.8) is 0 Å². The molecule has 0 heterocycles. The molecule has 138 valence electrons. The van der Waals surface area contributed by atoms with E-state index in [1.807, 2.05) is 13.8 Å². The van der Waals surface area contributed by atoms with E-state index >= 15 is 0 Å². The zero-order valence-corrected chi connectivity index (χ0v) is 14.7. The first-order valence-corrected chi connectivity index (χ1v) is 8.31. The van der Waals surface area contributed by atoms with Crippen LogP contribution in [-0.4, -0.2) is 25.0 Å². The summed E-state index contributed by atoms with van der Waals surface area (Å²) in [7, 11) is 0. The van der Waals surface area contributed by atoms with E-state index in [9.17, 15) is 14.0 Å². The van der Waals surface area contributed by atoms with E-state index in [1.165, 1.54) is 24.3 Å². The van der Waals surface area contributed by atoms with Gasteiger partial charge in [0.05, 0.1) is 13.2 Å². The molecule has 0 fully saturated rings. The largest absolute Gasteiger partial charge is 0.490 e. The van der Waals surface area contributed by atoms with Crippen LogP contribution in [0.25, 0.3) is 0 Å². The molecule has 0 saturated carbocycles. The molecule has 2 rings (SSSR count). The molecule has 2 N–H and O–H groups in total. The first-order valence-electron chi connectivity index (χ1n) is 8.31. The molecule has 0 aliphatic rings. The minimum atomic E-state index is -0.550. The van der Waals surface area contributed by atoms with Crippen LogP contribution < -0.4 is 20.3 Å². The van der Waals surface area contributed by atoms with Gasteiger partial charge in [0, 0.05) is 11.1 Å². The van der Waals surface area contributed by atoms with Gasteiger partial charge in [-0.1, -0.05) is 6.92 Å². The third-order valence-corrected chi connectivity index (χ3v) is 3.36. The van der Waals surface area contributed by atoms with Gasteiger partial charge in [-0.05, 0) is 55.8 Å². The van der Waals surface area contributed by atoms with Crippen LogP contribution in [0.2, 0.25) is 0 Å². The number of nitrogens with one attached hydrogen (secondary N) is 2. The maximum absolute atomic E-state index is 12.9. The van der Waals surface area contributed by atoms with Gasteiger partial charge in [-0.2, -0.15) is 0 Å². The Bertz CT molecular complexity index is 763. The van der Waals surface area contributed by atoms with Crippen molar-refractivity contribution in [1.82, 2.24) is 10.9 Å². The highest BCUT2D eigenvalue weighted by Gasteiger charge is 2.13. The monoisotopic (exact) mass is 360 g/mol. The van der Waals surface area contributed by atoms with Gasteiger partial charge in [0.15, 0.2) is 11.5 Å². The summed E-state index contributed by atoms with van der Waals surface area (Å²) in [6, 6.07) is 9.76. The normalized spacial score (nSPS) is 10.1. The Morgan fingerprint density at radius 1 is 0.885 bits per heavy atom. The van der Waals surface area contributed by atoms with Crippen molar-refractivity contribution in [2.24, 2.45) is 0 Å². The second-order valence-electron chi connectivity index (χ2n) is 5.36. The molecule has 26 heavy (non-hydrogen) atoms. The summed E-state index contributed by atoms with van der Waals surface area (Å²) in [4.78, 5) is 24.2. The molecule has 0 aliphatic carbocycles. The molecule has 2 aromatic rings. The third-order valence-electron chi connectivity index (χ3n) is 3.36. The summed E-state index contributed by atoms with van der Waals surface area (Å²) in [6.45, 7) is 4.79. The molecule has 0 radical (unpaired) electrons. The van der Waals surface area contributed by atoms with Crippen molar-refractivity contribution < 1.29 is 23.5 Å². The molecular weight excluding hydrogens is 339 g/mol. The van der Waals surface area contributed by atoms with E-state index in [4.69, 9.17) is 9.47 Å². The Kier molecular flexibility index (Phi) is 6.96. The van der Waals surface area contributed by atoms with Gasteiger partial charge in [-0.15, -0.1) is 0 Å². The smallest absolute Gasteiger partial charge is 0.269 e. The molecule has 0 aliphatic heterocycles. The number of carbonyl (C=O) groups is 2. The topological polar surface area (TPSA) is 76.7 Å². The van der Waals surface area contributed by atoms with E-state index < -0.39 is 17.6 Å². The number of hydrogen-bond acceptors (Lipinski definition) is 4. The number of carbonyl (C=O) groups excluding carboxylic acids is 2. The fourth-order valence-corrected chi connectivity index (χ4v) is 2.11. The highest BCUT2D eigenvalue weighted by Crippen LogP contribution is 2.28. The highest BCUT2D eigenvalue weighted by atomic mass is 19.1. The van der Waals surface area contributed by atoms with Gasteiger partial charge in [0.1, 0.15) is 5.82 Å². The zero-order valence-electron chi connectivity index (χ0n) is 14.7. The zero-order chi connectivity index (χ0) is 18.9. The number of amides is 2. The van der Waals surface area contributed by atoms with Crippen LogP contribution >= 0.6 is 0 Å². The van der Waals surface area contributed by atoms with Crippen LogP contribution in [0.4, 0.5) is 4.39 Å². The fourth-order valence-electron chi connectivity index (χ4n) is 2.11. The van der Waals surface area contributed by atoms with Gasteiger partial charge in [-0.3, -0.25) is 20.4 Å². The molecule has 2 amide bonds. The number of halogens is 1. The van der Waals surface area contributed by atoms with Gasteiger partial charge in [0.2, 0.25) is 0 Å². The fraction of sp³-hybridized carbons (Fsp3) is 0.263. The first kappa shape index (κ1) is 19.2. The van der Waals surface area contributed by atoms with Crippen LogP contribution in [0.15, 0.2) is 42.5 Å². The van der Waals surface area contributed by atoms with Crippen LogP contribution in [-0.2, 0) is 0 Å². The number of hydrazine groups is 1. The summed E-state index contributed by atoms with van der Waals surface area (Å²) >= 11 is 0. The molecule has 2 aromatic carbocycles. The van der Waals surface area contributed by atoms with Crippen LogP contribution in [0.1, 0.15) is 41.0 Å². The first-order chi connectivity index (χ1) is 12.5. The lowest BCUT2D eigenvalue weighted by atomic mass is 10.2. The number of ether oxygens (including phenoxy) is 2. The Morgan fingerprint density at radius 2 is 1.50 bits per heavy atom. The van der Waals surface area contributed by atoms with Crippen LogP contribution in [0.5, 0.6) is 11.5 Å². The van der Waals surface area contributed by atoms with Gasteiger partial charge >= 0.3 is 0 Å². The average Bonchev–Trinajstić information content (AvgIpc) is 2.65. The van der Waals surface area contributed by atoms with Crippen LogP contribution in [0, 0.1) is 5.82 Å². The molecule has 0 spiro atoms. The summed E-state index contributed by atoms with van der Waals surface area (Å²) in [5, 5.41) is 0. The Balaban J connectivity index is 2.02. The molecule has 0 unspecified atom stereocenters. The Hall–Kier alpha value is -3.09. The minimum Gasteiger partial charge on any atom is -0.490 e. The SMILES string of the molecule is CCCOc1ccc(C(=O)NNC(=O)c2ccc(F)cc2)cc1OCC. The van der Waals surface area contributed by atoms with E-state index in [0.29, 0.717) is 30.3 Å². The second kappa shape index (κ2) is 9.41. The van der Waals surface area contributed by atoms with Crippen molar-refractivity contribution in [2.75, 3.05) is 13.2 Å². The van der Waals surface area contributed by atoms with Gasteiger partial charge in [-0.25, -0.2) is 4.39 Å². The highest BCUT2D eigenvalue weighted by molar-refractivity contribution is 5.99. The number of hydrogen-bond donors (Lipinski definition) is 2. The van der Waals surface area contributed by atoms with E-state index in [-0.39, 0.29) is 5.56 Å². The molecule has 6 nitrogen and oxygen atoms in total. The van der Waals surface area contributed by atoms with Crippen molar-refractivity contribution >= 4 is 11.8 Å². The van der Waals surface area contributed by atoms with Crippen molar-refractivity contribution in [2.45, 2.75) is 20.3 Å². The lowest BCUT2D eigenvalue weighted by Crippen LogP contribution is -2.41. The van der Waals surface area contributed by atoms with Crippen LogP contribution in [0.3, 0.4) is 0 Å². The minimum absolute atomic E-state index is 0.227. The maximum Gasteiger partial charge on any atom is 0.269 e. The van der Waals surface area contributed by atoms with Crippen molar-refractivity contribution in [1.29, 1.82) is 0 Å². The molecule has 0 saturated heterocycles. The van der Waals surface area contributed by atoms with Gasteiger partial charge in [0.25, 0.3) is 11.8 Å². The molecular formula is C19H21FN2O4. The summed E-state index contributed by atoms with van der Waals surface area (Å²) in [5.74, 6) is -0.492. The third kappa shape index (κ3) is 5.20. The van der Waals surface area contributed by atoms with Gasteiger partial charge < -0.3 is 9.47 Å². The van der Waals surface area contributed by atoms with Crippen molar-refractivity contribution in [3.8, 4) is 11.5 Å². The second-order valence-corrected chi connectivity index (χ2v) is 5.36. The van der Waals surface area contributed by atoms with E-state index in [0.717, 1.165) is 6.42 Å². The molecule has 0 atom stereocenters. The number of benzene rings is 2. The lowest BCUT2D eigenvalue weighted by molar-refractivity contribution is 0.0846. The Labute approximate surface area is 151 Å². The average molecular weight is 360 g/mol. The molecule has 0 bridgehead atoms. The quantitative estimate of drug-likeness (QED) is 0.744. The maximum atomic E-state index is 12.9. The summed E-state index contributed by atoms with van der Waals surface area (Å²) in [6.07, 6.45) is 0.850. The Morgan fingerprint density at radius 3 is 2.12 bits per heavy atom. The van der Waals surface area contributed by atoms with Crippen molar-refractivity contribution in [3.05, 3.63) is 59.4 Å². The predicted octanol–water partition coefficient (Wildman–Crippen LogP) is 3.09. The standard InChI is InChI=1S/C19H21FN2O4/c1-3-11-26-16-10-7-14(12-17(16)25-4-2)19(24)22-21-18(23)13-5-8-15(20)9-6-13/h5-10,12H,3-4,11H2,1-2H3,(H,21,23)(H,22,24). The summed E-state index contributed by atoms with van der Waals surface area (Å²) in [5.41, 5.74) is 5.13. The predicted molar refractivity (Wildman–Crippen MR) is 94.7 cm³/mol. The summed E-state index contributed by atoms with van der Waals surface area (Å²) < 4.78 is 24.0. The number of rotatable bonds is 7. The molecule has 7 heteroatoms.